The van der Waals surface area contributed by atoms with Crippen LogP contribution < -0.4 is 0 Å². The fourth-order valence-corrected chi connectivity index (χ4v) is 8.45. The molecule has 39 heavy (non-hydrogen) atoms. The largest absolute Gasteiger partial charge is 0.494 e. The average Bonchev–Trinajstić information content (AvgIpc) is 2.99. The van der Waals surface area contributed by atoms with Gasteiger partial charge in [-0.05, 0) is 118 Å². The fraction of sp³-hybridized carbons (Fsp3) is 0.824. The Morgan fingerprint density at radius 2 is 1.10 bits per heavy atom. The molecule has 3 nitrogen and oxygen atoms in total. The van der Waals surface area contributed by atoms with Crippen LogP contribution in [0.5, 0.6) is 0 Å². The van der Waals surface area contributed by atoms with Crippen LogP contribution in [0.3, 0.4) is 0 Å². The molecule has 0 aromatic carbocycles. The topological polar surface area (TPSA) is 27.7 Å². The summed E-state index contributed by atoms with van der Waals surface area (Å²) in [5.74, 6) is 3.29. The Kier molecular flexibility index (Phi) is 11.8. The molecule has 222 valence electrons. The van der Waals surface area contributed by atoms with Crippen molar-refractivity contribution in [3.05, 3.63) is 36.3 Å². The van der Waals surface area contributed by atoms with Crippen LogP contribution in [0.15, 0.2) is 36.3 Å². The third-order valence-corrected chi connectivity index (χ3v) is 11.0. The Balaban J connectivity index is 1.11. The van der Waals surface area contributed by atoms with Gasteiger partial charge in [-0.25, -0.2) is 0 Å². The molecule has 2 unspecified atom stereocenters. The highest BCUT2D eigenvalue weighted by atomic mass is 19.2. The summed E-state index contributed by atoms with van der Waals surface area (Å²) in [7, 11) is 1.24. The van der Waals surface area contributed by atoms with Gasteiger partial charge in [0.2, 0.25) is 11.7 Å². The molecule has 3 aliphatic carbocycles. The number of allylic oxidation sites excluding steroid dienone is 2. The van der Waals surface area contributed by atoms with Gasteiger partial charge in [0.25, 0.3) is 0 Å². The number of methoxy groups -OCH3 is 1. The van der Waals surface area contributed by atoms with E-state index in [1.807, 2.05) is 0 Å². The zero-order valence-corrected chi connectivity index (χ0v) is 24.7. The van der Waals surface area contributed by atoms with E-state index in [-0.39, 0.29) is 24.2 Å². The molecule has 2 atom stereocenters. The monoisotopic (exact) mass is 548 g/mol. The summed E-state index contributed by atoms with van der Waals surface area (Å²) in [5, 5.41) is 0. The first kappa shape index (κ1) is 30.6. The third kappa shape index (κ3) is 8.33. The molecule has 1 aliphatic heterocycles. The molecule has 0 aromatic heterocycles. The van der Waals surface area contributed by atoms with Crippen LogP contribution in [-0.4, -0.2) is 26.4 Å². The summed E-state index contributed by atoms with van der Waals surface area (Å²) < 4.78 is 44.1. The van der Waals surface area contributed by atoms with E-state index >= 15 is 0 Å². The predicted octanol–water partition coefficient (Wildman–Crippen LogP) is 9.84. The van der Waals surface area contributed by atoms with Gasteiger partial charge in [0, 0.05) is 0 Å². The van der Waals surface area contributed by atoms with Gasteiger partial charge in [0.05, 0.1) is 19.8 Å². The maximum absolute atomic E-state index is 14.1. The lowest BCUT2D eigenvalue weighted by Gasteiger charge is -2.43. The van der Waals surface area contributed by atoms with Crippen LogP contribution in [0, 0.1) is 41.4 Å². The zero-order chi connectivity index (χ0) is 27.8. The summed E-state index contributed by atoms with van der Waals surface area (Å²) in [6.45, 7) is 10.1. The van der Waals surface area contributed by atoms with Gasteiger partial charge in [-0.2, -0.15) is 8.78 Å². The van der Waals surface area contributed by atoms with Gasteiger partial charge in [-0.1, -0.05) is 45.8 Å². The minimum Gasteiger partial charge on any atom is -0.494 e. The highest BCUT2D eigenvalue weighted by Crippen LogP contribution is 2.47. The SMILES string of the molecule is C=C(OC)/C(F)=C(/F)C(=C)OCC1CCC(C2CCC(C3CCC(C4CCC(CCC)CC4)CC3)CC2)CO1. The molecule has 4 aliphatic rings. The van der Waals surface area contributed by atoms with E-state index in [4.69, 9.17) is 9.47 Å². The van der Waals surface area contributed by atoms with E-state index in [0.29, 0.717) is 5.92 Å². The second-order valence-corrected chi connectivity index (χ2v) is 13.2. The standard InChI is InChI=1S/C34H54F2O3/c1-5-6-25-7-9-26(10-8-25)27-11-13-28(14-12-27)29-15-17-30(18-16-29)31-19-20-32(39-21-31)22-38-24(3)34(36)33(35)23(2)37-4/h25-32H,2-3,5-22H2,1,4H3/b34-33-. The Labute approximate surface area is 236 Å². The minimum atomic E-state index is -1.18. The number of halogens is 2. The Morgan fingerprint density at radius 1 is 0.667 bits per heavy atom. The number of hydrogen-bond donors (Lipinski definition) is 0. The Bertz CT molecular complexity index is 806. The second-order valence-electron chi connectivity index (χ2n) is 13.2. The molecule has 4 fully saturated rings. The van der Waals surface area contributed by atoms with Crippen LogP contribution in [0.25, 0.3) is 0 Å². The maximum Gasteiger partial charge on any atom is 0.203 e. The van der Waals surface area contributed by atoms with Crippen molar-refractivity contribution in [3.8, 4) is 0 Å². The molecule has 4 rings (SSSR count). The van der Waals surface area contributed by atoms with Crippen LogP contribution in [0.1, 0.15) is 110 Å². The normalized spacial score (nSPS) is 36.5. The molecule has 1 saturated heterocycles. The van der Waals surface area contributed by atoms with Crippen molar-refractivity contribution in [2.24, 2.45) is 41.4 Å². The highest BCUT2D eigenvalue weighted by molar-refractivity contribution is 5.29. The van der Waals surface area contributed by atoms with Crippen molar-refractivity contribution >= 4 is 0 Å². The van der Waals surface area contributed by atoms with Crippen molar-refractivity contribution in [1.29, 1.82) is 0 Å². The van der Waals surface area contributed by atoms with E-state index < -0.39 is 11.7 Å². The molecule has 0 aromatic rings. The lowest BCUT2D eigenvalue weighted by molar-refractivity contribution is -0.0664. The first-order chi connectivity index (χ1) is 18.9. The molecule has 0 bridgehead atoms. The van der Waals surface area contributed by atoms with Gasteiger partial charge < -0.3 is 14.2 Å². The summed E-state index contributed by atoms with van der Waals surface area (Å²) in [5.41, 5.74) is 0. The molecular weight excluding hydrogens is 494 g/mol. The predicted molar refractivity (Wildman–Crippen MR) is 154 cm³/mol. The lowest BCUT2D eigenvalue weighted by Crippen LogP contribution is -2.35. The van der Waals surface area contributed by atoms with Crippen molar-refractivity contribution in [3.63, 3.8) is 0 Å². The molecule has 3 saturated carbocycles. The Hall–Kier alpha value is -1.36. The van der Waals surface area contributed by atoms with Crippen molar-refractivity contribution < 1.29 is 23.0 Å². The average molecular weight is 549 g/mol. The van der Waals surface area contributed by atoms with E-state index in [9.17, 15) is 8.78 Å². The Morgan fingerprint density at radius 3 is 1.54 bits per heavy atom. The number of ether oxygens (including phenoxy) is 3. The summed E-state index contributed by atoms with van der Waals surface area (Å²) in [6.07, 6.45) is 22.2. The van der Waals surface area contributed by atoms with Gasteiger partial charge in [0.15, 0.2) is 11.5 Å². The van der Waals surface area contributed by atoms with Crippen molar-refractivity contribution in [2.45, 2.75) is 116 Å². The number of hydrogen-bond acceptors (Lipinski definition) is 3. The van der Waals surface area contributed by atoms with Crippen LogP contribution >= 0.6 is 0 Å². The molecule has 0 spiro atoms. The summed E-state index contributed by atoms with van der Waals surface area (Å²) in [6, 6.07) is 0. The highest BCUT2D eigenvalue weighted by Gasteiger charge is 2.37. The molecule has 1 heterocycles. The third-order valence-electron chi connectivity index (χ3n) is 11.0. The van der Waals surface area contributed by atoms with Gasteiger partial charge in [-0.15, -0.1) is 0 Å². The van der Waals surface area contributed by atoms with E-state index in [1.54, 1.807) is 0 Å². The van der Waals surface area contributed by atoms with Crippen molar-refractivity contribution in [2.75, 3.05) is 20.3 Å². The quantitative estimate of drug-likeness (QED) is 0.190. The van der Waals surface area contributed by atoms with Crippen LogP contribution in [0.2, 0.25) is 0 Å². The van der Waals surface area contributed by atoms with Gasteiger partial charge in [0.1, 0.15) is 6.61 Å². The zero-order valence-electron chi connectivity index (χ0n) is 24.7. The van der Waals surface area contributed by atoms with E-state index in [0.717, 1.165) is 55.0 Å². The minimum absolute atomic E-state index is 0.104. The molecule has 5 heteroatoms. The van der Waals surface area contributed by atoms with Gasteiger partial charge >= 0.3 is 0 Å². The summed E-state index contributed by atoms with van der Waals surface area (Å²) >= 11 is 0. The fourth-order valence-electron chi connectivity index (χ4n) is 8.45. The lowest BCUT2D eigenvalue weighted by atomic mass is 9.64. The molecule has 0 radical (unpaired) electrons. The van der Waals surface area contributed by atoms with E-state index in [2.05, 4.69) is 24.8 Å². The van der Waals surface area contributed by atoms with Crippen LogP contribution in [0.4, 0.5) is 8.78 Å². The van der Waals surface area contributed by atoms with Gasteiger partial charge in [-0.3, -0.25) is 0 Å². The maximum atomic E-state index is 14.1. The smallest absolute Gasteiger partial charge is 0.203 e. The first-order valence-electron chi connectivity index (χ1n) is 16.1. The molecule has 0 N–H and O–H groups in total. The number of rotatable bonds is 11. The first-order valence-corrected chi connectivity index (χ1v) is 16.1. The second kappa shape index (κ2) is 15.0. The summed E-state index contributed by atoms with van der Waals surface area (Å²) in [4.78, 5) is 0. The molecule has 0 amide bonds. The van der Waals surface area contributed by atoms with Crippen molar-refractivity contribution in [1.82, 2.24) is 0 Å². The van der Waals surface area contributed by atoms with E-state index in [1.165, 1.54) is 97.0 Å². The molecular formula is C34H54F2O3. The van der Waals surface area contributed by atoms with Crippen LogP contribution in [-0.2, 0) is 14.2 Å².